The Balaban J connectivity index is 2.97. The van der Waals surface area contributed by atoms with Gasteiger partial charge in [-0.2, -0.15) is 0 Å². The van der Waals surface area contributed by atoms with E-state index in [0.29, 0.717) is 6.61 Å². The minimum Gasteiger partial charge on any atom is -0.444 e. The van der Waals surface area contributed by atoms with Crippen molar-refractivity contribution in [3.63, 3.8) is 0 Å². The first-order chi connectivity index (χ1) is 12.5. The molecule has 1 aromatic rings. The molecule has 7 heteroatoms. The predicted molar refractivity (Wildman–Crippen MR) is 120 cm³/mol. The molecule has 5 nitrogen and oxygen atoms in total. The molecule has 1 rings (SSSR count). The van der Waals surface area contributed by atoms with Gasteiger partial charge in [0, 0.05) is 11.5 Å². The van der Waals surface area contributed by atoms with Crippen molar-refractivity contribution in [1.29, 1.82) is 0 Å². The van der Waals surface area contributed by atoms with E-state index >= 15 is 0 Å². The molecular formula is C21H36BrNO4Si. The molecule has 1 unspecified atom stereocenters. The number of hydrogen-bond acceptors (Lipinski definition) is 4. The van der Waals surface area contributed by atoms with Crippen molar-refractivity contribution < 1.29 is 19.1 Å². The molecule has 28 heavy (non-hydrogen) atoms. The van der Waals surface area contributed by atoms with Crippen LogP contribution in [0, 0.1) is 0 Å². The van der Waals surface area contributed by atoms with Crippen molar-refractivity contribution in [2.45, 2.75) is 78.0 Å². The van der Waals surface area contributed by atoms with Gasteiger partial charge in [0.1, 0.15) is 5.60 Å². The quantitative estimate of drug-likeness (QED) is 0.524. The van der Waals surface area contributed by atoms with Crippen molar-refractivity contribution in [3.05, 3.63) is 33.8 Å². The number of carbonyl (C=O) groups excluding carboxylic acids is 1. The number of hydrogen-bond donors (Lipinski definition) is 1. The van der Waals surface area contributed by atoms with Gasteiger partial charge >= 0.3 is 6.09 Å². The van der Waals surface area contributed by atoms with Gasteiger partial charge in [0.05, 0.1) is 19.3 Å². The molecular weight excluding hydrogens is 438 g/mol. The first-order valence-corrected chi connectivity index (χ1v) is 13.3. The second-order valence-corrected chi connectivity index (χ2v) is 15.4. The third-order valence-corrected chi connectivity index (χ3v) is 10.3. The van der Waals surface area contributed by atoms with E-state index in [4.69, 9.17) is 9.16 Å². The second kappa shape index (κ2) is 9.28. The summed E-state index contributed by atoms with van der Waals surface area (Å²) in [5, 5.41) is 10.9. The highest BCUT2D eigenvalue weighted by Crippen LogP contribution is 2.38. The number of aliphatic hydroxyl groups excluding tert-OH is 1. The number of benzene rings is 1. The fourth-order valence-electron chi connectivity index (χ4n) is 2.28. The highest BCUT2D eigenvalue weighted by molar-refractivity contribution is 9.10. The Kier molecular flexibility index (Phi) is 8.34. The average molecular weight is 475 g/mol. The molecule has 1 atom stereocenters. The SMILES string of the molecule is CN(CC(O)c1cccc(Br)c1CO[Si](C)(C)C(C)(C)C)C(=O)OC(C)(C)C. The molecule has 0 bridgehead atoms. The van der Waals surface area contributed by atoms with Crippen LogP contribution in [-0.4, -0.2) is 43.6 Å². The summed E-state index contributed by atoms with van der Waals surface area (Å²) < 4.78 is 12.6. The number of rotatable bonds is 6. The number of halogens is 1. The fraction of sp³-hybridized carbons (Fsp3) is 0.667. The standard InChI is InChI=1S/C21H36BrNO4Si/c1-20(2,3)27-19(25)23(7)13-18(24)15-11-10-12-17(22)16(15)14-26-28(8,9)21(4,5)6/h10-12,18,24H,13-14H2,1-9H3. The molecule has 0 aromatic heterocycles. The lowest BCUT2D eigenvalue weighted by molar-refractivity contribution is 0.0203. The van der Waals surface area contributed by atoms with Crippen molar-refractivity contribution >= 4 is 30.3 Å². The summed E-state index contributed by atoms with van der Waals surface area (Å²) in [7, 11) is -0.306. The number of nitrogens with zero attached hydrogens (tertiary/aromatic N) is 1. The van der Waals surface area contributed by atoms with Crippen LogP contribution >= 0.6 is 15.9 Å². The third-order valence-electron chi connectivity index (χ3n) is 5.05. The van der Waals surface area contributed by atoms with Crippen LogP contribution in [0.3, 0.4) is 0 Å². The van der Waals surface area contributed by atoms with Gasteiger partial charge in [0.15, 0.2) is 8.32 Å². The van der Waals surface area contributed by atoms with Crippen LogP contribution in [-0.2, 0) is 15.8 Å². The van der Waals surface area contributed by atoms with E-state index in [9.17, 15) is 9.90 Å². The molecule has 0 fully saturated rings. The lowest BCUT2D eigenvalue weighted by Gasteiger charge is -2.36. The van der Waals surface area contributed by atoms with Gasteiger partial charge in [-0.05, 0) is 56.1 Å². The Morgan fingerprint density at radius 2 is 1.79 bits per heavy atom. The zero-order chi connectivity index (χ0) is 21.9. The molecule has 0 aliphatic heterocycles. The van der Waals surface area contributed by atoms with E-state index in [-0.39, 0.29) is 11.6 Å². The zero-order valence-corrected chi connectivity index (χ0v) is 21.3. The van der Waals surface area contributed by atoms with Crippen LogP contribution in [0.1, 0.15) is 58.8 Å². The van der Waals surface area contributed by atoms with Crippen LogP contribution in [0.5, 0.6) is 0 Å². The first-order valence-electron chi connectivity index (χ1n) is 9.58. The van der Waals surface area contributed by atoms with Gasteiger partial charge in [0.25, 0.3) is 0 Å². The largest absolute Gasteiger partial charge is 0.444 e. The van der Waals surface area contributed by atoms with E-state index in [1.54, 1.807) is 7.05 Å². The summed E-state index contributed by atoms with van der Waals surface area (Å²) >= 11 is 3.59. The van der Waals surface area contributed by atoms with Crippen LogP contribution in [0.25, 0.3) is 0 Å². The number of carbonyl (C=O) groups is 1. The Morgan fingerprint density at radius 1 is 1.21 bits per heavy atom. The lowest BCUT2D eigenvalue weighted by atomic mass is 10.0. The van der Waals surface area contributed by atoms with Crippen molar-refractivity contribution in [3.8, 4) is 0 Å². The molecule has 160 valence electrons. The molecule has 0 aliphatic carbocycles. The fourth-order valence-corrected chi connectivity index (χ4v) is 3.72. The van der Waals surface area contributed by atoms with E-state index in [1.807, 2.05) is 39.0 Å². The molecule has 0 saturated carbocycles. The van der Waals surface area contributed by atoms with E-state index in [1.165, 1.54) is 4.90 Å². The van der Waals surface area contributed by atoms with Crippen LogP contribution < -0.4 is 0 Å². The topological polar surface area (TPSA) is 59.0 Å². The van der Waals surface area contributed by atoms with Crippen LogP contribution in [0.2, 0.25) is 18.1 Å². The summed E-state index contributed by atoms with van der Waals surface area (Å²) in [5.74, 6) is 0. The molecule has 0 heterocycles. The Morgan fingerprint density at radius 3 is 2.29 bits per heavy atom. The summed E-state index contributed by atoms with van der Waals surface area (Å²) in [4.78, 5) is 13.6. The van der Waals surface area contributed by atoms with Crippen LogP contribution in [0.4, 0.5) is 4.79 Å². The maximum Gasteiger partial charge on any atom is 0.410 e. The van der Waals surface area contributed by atoms with Crippen molar-refractivity contribution in [1.82, 2.24) is 4.90 Å². The highest BCUT2D eigenvalue weighted by atomic mass is 79.9. The Bertz CT molecular complexity index is 680. The van der Waals surface area contributed by atoms with Crippen molar-refractivity contribution in [2.24, 2.45) is 0 Å². The van der Waals surface area contributed by atoms with Gasteiger partial charge < -0.3 is 19.2 Å². The minimum atomic E-state index is -1.93. The number of ether oxygens (including phenoxy) is 1. The van der Waals surface area contributed by atoms with E-state index < -0.39 is 26.1 Å². The summed E-state index contributed by atoms with van der Waals surface area (Å²) in [6.07, 6.45) is -1.30. The predicted octanol–water partition coefficient (Wildman–Crippen LogP) is 5.87. The van der Waals surface area contributed by atoms with Gasteiger partial charge in [-0.15, -0.1) is 0 Å². The molecule has 0 saturated heterocycles. The number of likely N-dealkylation sites (N-methyl/N-ethyl adjacent to an activating group) is 1. The van der Waals surface area contributed by atoms with Crippen LogP contribution in [0.15, 0.2) is 22.7 Å². The van der Waals surface area contributed by atoms with Crippen molar-refractivity contribution in [2.75, 3.05) is 13.6 Å². The number of amides is 1. The monoisotopic (exact) mass is 473 g/mol. The highest BCUT2D eigenvalue weighted by Gasteiger charge is 2.37. The van der Waals surface area contributed by atoms with Gasteiger partial charge in [-0.3, -0.25) is 0 Å². The zero-order valence-electron chi connectivity index (χ0n) is 18.7. The minimum absolute atomic E-state index is 0.101. The molecule has 1 amide bonds. The molecule has 1 N–H and O–H groups in total. The van der Waals surface area contributed by atoms with Gasteiger partial charge in [-0.25, -0.2) is 4.79 Å². The molecule has 1 aromatic carbocycles. The van der Waals surface area contributed by atoms with Gasteiger partial charge in [-0.1, -0.05) is 48.8 Å². The maximum atomic E-state index is 12.2. The third kappa shape index (κ3) is 7.17. The normalized spacial score (nSPS) is 14.0. The number of aliphatic hydroxyl groups is 1. The average Bonchev–Trinajstić information content (AvgIpc) is 2.50. The molecule has 0 aliphatic rings. The molecule has 0 spiro atoms. The van der Waals surface area contributed by atoms with Gasteiger partial charge in [0.2, 0.25) is 0 Å². The Hall–Kier alpha value is -0.893. The van der Waals surface area contributed by atoms with E-state index in [0.717, 1.165) is 15.6 Å². The first kappa shape index (κ1) is 25.1. The second-order valence-electron chi connectivity index (χ2n) is 9.73. The summed E-state index contributed by atoms with van der Waals surface area (Å²) in [5.41, 5.74) is 1.09. The summed E-state index contributed by atoms with van der Waals surface area (Å²) in [6, 6.07) is 5.70. The maximum absolute atomic E-state index is 12.2. The Labute approximate surface area is 179 Å². The summed E-state index contributed by atoms with van der Waals surface area (Å²) in [6.45, 7) is 17.0. The lowest BCUT2D eigenvalue weighted by Crippen LogP contribution is -2.40. The molecule has 0 radical (unpaired) electrons. The van der Waals surface area contributed by atoms with E-state index in [2.05, 4.69) is 49.8 Å². The smallest absolute Gasteiger partial charge is 0.410 e.